The number of nitrogens with one attached hydrogen (secondary N) is 5. The predicted octanol–water partition coefficient (Wildman–Crippen LogP) is 5.09. The third-order valence-electron chi connectivity index (χ3n) is 12.4. The first-order valence-electron chi connectivity index (χ1n) is 25.7. The van der Waals surface area contributed by atoms with Gasteiger partial charge in [0, 0.05) is 29.3 Å². The summed E-state index contributed by atoms with van der Waals surface area (Å²) in [4.78, 5) is 124. The van der Waals surface area contributed by atoms with Gasteiger partial charge in [-0.05, 0) is 77.8 Å². The maximum atomic E-state index is 14.1. The second kappa shape index (κ2) is 31.0. The molecule has 4 atom stereocenters. The first kappa shape index (κ1) is 63.6. The molecule has 1 aliphatic rings. The van der Waals surface area contributed by atoms with Gasteiger partial charge in [-0.1, -0.05) is 73.5 Å². The molecular weight excluding hydrogens is 1120 g/mol. The molecule has 84 heavy (non-hydrogen) atoms. The molecule has 29 heteroatoms. The first-order valence-corrected chi connectivity index (χ1v) is 26.4. The van der Waals surface area contributed by atoms with Crippen molar-refractivity contribution in [2.24, 2.45) is 15.6 Å². The summed E-state index contributed by atoms with van der Waals surface area (Å²) in [6.45, 7) is 4.23. The van der Waals surface area contributed by atoms with E-state index >= 15 is 0 Å². The number of carbonyl (C=O) groups excluding carboxylic acids is 5. The van der Waals surface area contributed by atoms with Crippen molar-refractivity contribution in [2.45, 2.75) is 94.4 Å². The number of carboxylic acids is 4. The third kappa shape index (κ3) is 20.1. The fourth-order valence-electron chi connectivity index (χ4n) is 8.11. The van der Waals surface area contributed by atoms with Gasteiger partial charge >= 0.3 is 23.9 Å². The van der Waals surface area contributed by atoms with Crippen molar-refractivity contribution in [1.29, 1.82) is 0 Å². The zero-order valence-corrected chi connectivity index (χ0v) is 45.9. The van der Waals surface area contributed by atoms with Gasteiger partial charge in [0.2, 0.25) is 36.3 Å². The van der Waals surface area contributed by atoms with Crippen LogP contribution in [0.2, 0.25) is 0 Å². The molecule has 0 aliphatic carbocycles. The van der Waals surface area contributed by atoms with Gasteiger partial charge in [0.15, 0.2) is 17.3 Å². The van der Waals surface area contributed by atoms with Crippen molar-refractivity contribution in [2.75, 3.05) is 19.9 Å². The van der Waals surface area contributed by atoms with Crippen LogP contribution in [0.15, 0.2) is 118 Å². The maximum Gasteiger partial charge on any atom is 0.326 e. The highest BCUT2D eigenvalue weighted by molar-refractivity contribution is 7.94. The minimum atomic E-state index is -2.10. The van der Waals surface area contributed by atoms with Crippen LogP contribution < -0.4 is 40.8 Å². The lowest BCUT2D eigenvalue weighted by Gasteiger charge is -2.27. The molecule has 444 valence electrons. The number of unbranched alkanes of at least 4 members (excludes halogenated alkanes) is 1. The predicted molar refractivity (Wildman–Crippen MR) is 293 cm³/mol. The van der Waals surface area contributed by atoms with E-state index in [4.69, 9.17) is 29.6 Å². The van der Waals surface area contributed by atoms with Gasteiger partial charge in [-0.25, -0.2) is 20.0 Å². The Kier molecular flexibility index (Phi) is 23.5. The number of aromatic nitrogens is 2. The number of fused-ring (bicyclic) bond motifs is 1. The highest BCUT2D eigenvalue weighted by Crippen LogP contribution is 2.38. The summed E-state index contributed by atoms with van der Waals surface area (Å²) in [5.41, 5.74) is 3.24. The number of amides is 5. The summed E-state index contributed by atoms with van der Waals surface area (Å²) in [5, 5.41) is 69.1. The number of hydrogen-bond acceptors (Lipinski definition) is 20. The molecule has 3 aromatic carbocycles. The van der Waals surface area contributed by atoms with Crippen molar-refractivity contribution in [3.63, 3.8) is 0 Å². The smallest absolute Gasteiger partial charge is 0.326 e. The number of azo groups is 1. The molecule has 2 aromatic heterocycles. The largest absolute Gasteiger partial charge is 0.481 e. The Morgan fingerprint density at radius 3 is 2.01 bits per heavy atom. The van der Waals surface area contributed by atoms with E-state index in [1.807, 2.05) is 85.1 Å². The average molecular weight is 1180 g/mol. The molecule has 6 rings (SSSR count). The second-order valence-electron chi connectivity index (χ2n) is 19.4. The Morgan fingerprint density at radius 1 is 0.679 bits per heavy atom. The molecule has 1 aliphatic heterocycles. The van der Waals surface area contributed by atoms with E-state index in [0.29, 0.717) is 52.8 Å². The van der Waals surface area contributed by atoms with Crippen molar-refractivity contribution >= 4 is 71.3 Å². The van der Waals surface area contributed by atoms with Crippen LogP contribution in [0.1, 0.15) is 74.7 Å². The Balaban J connectivity index is 1.12. The Bertz CT molecular complexity index is 3210. The number of aliphatic carboxylic acids is 4. The monoisotopic (exact) mass is 1180 g/mol. The van der Waals surface area contributed by atoms with E-state index in [2.05, 4.69) is 40.5 Å². The summed E-state index contributed by atoms with van der Waals surface area (Å²) >= 11 is 0.732. The molecule has 0 radical (unpaired) electrons. The lowest BCUT2D eigenvalue weighted by molar-refractivity contribution is -0.432. The number of ether oxygens (including phenoxy) is 3. The van der Waals surface area contributed by atoms with E-state index < -0.39 is 109 Å². The van der Waals surface area contributed by atoms with Gasteiger partial charge in [0.25, 0.3) is 5.91 Å². The van der Waals surface area contributed by atoms with Gasteiger partial charge in [-0.2, -0.15) is 5.11 Å². The molecule has 0 bridgehead atoms. The fraction of sp³-hybridized carbons (Fsp3) is 0.327. The van der Waals surface area contributed by atoms with Crippen molar-refractivity contribution in [1.82, 2.24) is 36.6 Å². The molecule has 5 aromatic rings. The van der Waals surface area contributed by atoms with E-state index in [9.17, 15) is 58.5 Å². The van der Waals surface area contributed by atoms with Crippen LogP contribution in [0.25, 0.3) is 22.4 Å². The molecule has 1 unspecified atom stereocenters. The SMILES string of the molecule is CC(C)(CCCCOc1cc(-c2ccc3c(c2)OCO3)cc(-c2ccccc2)n1)CNC(=O)C(CC(=O)N[C@@H](CC(=O)O)C(=O)N[C@@H](CC(=O)O)C(=O)N[C@@H](CC(=O)O)C(=O)O)NC(=O)c1ccc(N=NCc2ccccc2SOOO)nc1. The molecule has 28 nitrogen and oxygen atoms in total. The van der Waals surface area contributed by atoms with Crippen LogP contribution in [-0.4, -0.2) is 133 Å². The lowest BCUT2D eigenvalue weighted by atomic mass is 9.87. The van der Waals surface area contributed by atoms with Crippen LogP contribution in [0.4, 0.5) is 5.82 Å². The highest BCUT2D eigenvalue weighted by atomic mass is 32.2. The highest BCUT2D eigenvalue weighted by Gasteiger charge is 2.34. The van der Waals surface area contributed by atoms with Crippen LogP contribution in [0.5, 0.6) is 17.4 Å². The van der Waals surface area contributed by atoms with Crippen LogP contribution in [0, 0.1) is 5.41 Å². The van der Waals surface area contributed by atoms with Gasteiger partial charge in [0.05, 0.1) is 62.1 Å². The summed E-state index contributed by atoms with van der Waals surface area (Å²) in [6, 6.07) is 20.6. The lowest BCUT2D eigenvalue weighted by Crippen LogP contribution is -2.57. The standard InChI is InChI=1S/C55H59N9O19S/c1-55(2,18-8-9-19-79-46-22-35(20-36(60-46)31-10-4-3-5-11-31)32-14-16-41-42(21-32)81-30-80-41)29-57-51(73)37(61-50(72)34-15-17-44(56-27-34)64-58-28-33-12-6-7-13-43(33)84-83-82-78)23-45(65)59-38(24-47(66)67)52(74)62-39(25-48(68)69)53(75)63-40(54(76)77)26-49(70)71/h3-7,10-17,20-22,27,37-40,78H,8-9,18-19,23-26,28-30H2,1-2H3,(H,57,73)(H,59,65)(H,61,72)(H,62,74)(H,63,75)(H,66,67)(H,68,69)(H,70,71)(H,76,77)/t37?,38-,39-,40-/m0/s1. The van der Waals surface area contributed by atoms with Gasteiger partial charge < -0.3 is 61.2 Å². The van der Waals surface area contributed by atoms with Crippen LogP contribution in [0.3, 0.4) is 0 Å². The van der Waals surface area contributed by atoms with E-state index in [1.54, 1.807) is 24.3 Å². The van der Waals surface area contributed by atoms with Crippen molar-refractivity contribution < 1.29 is 92.4 Å². The molecule has 0 spiro atoms. The molecule has 0 fully saturated rings. The summed E-state index contributed by atoms with van der Waals surface area (Å²) in [5.74, 6) is -10.9. The van der Waals surface area contributed by atoms with Gasteiger partial charge in [-0.3, -0.25) is 38.4 Å². The maximum absolute atomic E-state index is 14.1. The number of carboxylic acid groups (broad SMARTS) is 4. The zero-order chi connectivity index (χ0) is 60.8. The molecule has 3 heterocycles. The number of nitrogens with zero attached hydrogens (tertiary/aromatic N) is 4. The van der Waals surface area contributed by atoms with Crippen LogP contribution in [-0.2, 0) is 54.3 Å². The second-order valence-corrected chi connectivity index (χ2v) is 20.2. The Labute approximate surface area is 482 Å². The Morgan fingerprint density at radius 2 is 1.33 bits per heavy atom. The normalized spacial score (nSPS) is 13.1. The summed E-state index contributed by atoms with van der Waals surface area (Å²) in [6.07, 6.45) is -1.55. The topological polar surface area (TPSA) is 412 Å². The van der Waals surface area contributed by atoms with Crippen molar-refractivity contribution in [3.05, 3.63) is 114 Å². The molecular formula is C55H59N9O19S. The number of rotatable bonds is 33. The van der Waals surface area contributed by atoms with Gasteiger partial charge in [-0.15, -0.1) is 9.45 Å². The Hall–Kier alpha value is -9.58. The fourth-order valence-corrected chi connectivity index (χ4v) is 8.58. The number of benzene rings is 3. The number of pyridine rings is 2. The minimum absolute atomic E-state index is 0.0131. The van der Waals surface area contributed by atoms with E-state index in [-0.39, 0.29) is 37.9 Å². The third-order valence-corrected chi connectivity index (χ3v) is 13.1. The van der Waals surface area contributed by atoms with Crippen LogP contribution >= 0.6 is 12.0 Å². The van der Waals surface area contributed by atoms with Gasteiger partial charge in [0.1, 0.15) is 24.2 Å². The van der Waals surface area contributed by atoms with E-state index in [1.165, 1.54) is 12.1 Å². The summed E-state index contributed by atoms with van der Waals surface area (Å²) < 4.78 is 21.8. The number of hydrogen-bond donors (Lipinski definition) is 10. The zero-order valence-electron chi connectivity index (χ0n) is 45.1. The quantitative estimate of drug-likeness (QED) is 0.00859. The molecule has 10 N–H and O–H groups in total. The number of carbonyl (C=O) groups is 9. The first-order chi connectivity index (χ1) is 40.2. The minimum Gasteiger partial charge on any atom is -0.481 e. The summed E-state index contributed by atoms with van der Waals surface area (Å²) in [7, 11) is 0. The average Bonchev–Trinajstić information content (AvgIpc) is 4.15. The molecule has 0 saturated heterocycles. The van der Waals surface area contributed by atoms with E-state index in [0.717, 1.165) is 34.9 Å². The molecule has 0 saturated carbocycles. The van der Waals surface area contributed by atoms with Crippen molar-refractivity contribution in [3.8, 4) is 39.8 Å². The molecule has 5 amide bonds.